The number of halogens is 1. The van der Waals surface area contributed by atoms with E-state index in [4.69, 9.17) is 16.3 Å². The van der Waals surface area contributed by atoms with Gasteiger partial charge in [0.2, 0.25) is 0 Å². The smallest absolute Gasteiger partial charge is 0.274 e. The fourth-order valence-corrected chi connectivity index (χ4v) is 3.90. The van der Waals surface area contributed by atoms with Crippen molar-refractivity contribution in [2.75, 3.05) is 39.4 Å². The fraction of sp³-hybridized carbons (Fsp3) is 0.450. The second kappa shape index (κ2) is 8.32. The molecule has 0 spiro atoms. The normalized spacial score (nSPS) is 20.2. The van der Waals surface area contributed by atoms with Crippen LogP contribution in [0.15, 0.2) is 30.3 Å². The number of piperidine rings is 1. The summed E-state index contributed by atoms with van der Waals surface area (Å²) in [5.41, 5.74) is 1.97. The number of H-pyrrole nitrogens is 1. The van der Waals surface area contributed by atoms with Crippen LogP contribution in [0.25, 0.3) is 0 Å². The van der Waals surface area contributed by atoms with E-state index >= 15 is 0 Å². The molecule has 148 valence electrons. The zero-order valence-corrected chi connectivity index (χ0v) is 16.3. The highest BCUT2D eigenvalue weighted by Crippen LogP contribution is 2.27. The van der Waals surface area contributed by atoms with Crippen LogP contribution in [0.1, 0.15) is 45.3 Å². The van der Waals surface area contributed by atoms with E-state index in [0.717, 1.165) is 25.1 Å². The average Bonchev–Trinajstić information content (AvgIpc) is 3.24. The molecular weight excluding hydrogens is 380 g/mol. The van der Waals surface area contributed by atoms with Crippen LogP contribution >= 0.6 is 11.6 Å². The average molecular weight is 403 g/mol. The Morgan fingerprint density at radius 2 is 1.82 bits per heavy atom. The largest absolute Gasteiger partial charge is 0.378 e. The van der Waals surface area contributed by atoms with E-state index in [1.165, 1.54) is 0 Å². The molecule has 1 N–H and O–H groups in total. The van der Waals surface area contributed by atoms with Gasteiger partial charge in [-0.1, -0.05) is 11.6 Å². The lowest BCUT2D eigenvalue weighted by Gasteiger charge is -2.32. The van der Waals surface area contributed by atoms with Gasteiger partial charge in [0.1, 0.15) is 5.69 Å². The van der Waals surface area contributed by atoms with E-state index in [9.17, 15) is 9.59 Å². The monoisotopic (exact) mass is 402 g/mol. The zero-order chi connectivity index (χ0) is 19.5. The highest BCUT2D eigenvalue weighted by molar-refractivity contribution is 6.30. The molecule has 1 aromatic carbocycles. The summed E-state index contributed by atoms with van der Waals surface area (Å²) in [6, 6.07) is 8.80. The number of carbonyl (C=O) groups is 2. The van der Waals surface area contributed by atoms with Crippen molar-refractivity contribution in [3.63, 3.8) is 0 Å². The number of aromatic nitrogens is 2. The van der Waals surface area contributed by atoms with Crippen LogP contribution < -0.4 is 0 Å². The Morgan fingerprint density at radius 1 is 1.07 bits per heavy atom. The number of nitrogens with one attached hydrogen (secondary N) is 1. The van der Waals surface area contributed by atoms with Gasteiger partial charge in [-0.05, 0) is 43.2 Å². The van der Waals surface area contributed by atoms with Gasteiger partial charge in [-0.25, -0.2) is 0 Å². The first-order valence-corrected chi connectivity index (χ1v) is 9.97. The molecule has 0 radical (unpaired) electrons. The number of aromatic amines is 1. The van der Waals surface area contributed by atoms with Crippen LogP contribution in [0.3, 0.4) is 0 Å². The first kappa shape index (κ1) is 19.0. The molecule has 2 fully saturated rings. The van der Waals surface area contributed by atoms with Gasteiger partial charge in [-0.3, -0.25) is 14.7 Å². The molecule has 2 amide bonds. The molecule has 2 aliphatic rings. The molecule has 0 unspecified atom stereocenters. The molecule has 7 nitrogen and oxygen atoms in total. The van der Waals surface area contributed by atoms with Crippen molar-refractivity contribution in [1.29, 1.82) is 0 Å². The molecule has 2 aliphatic heterocycles. The predicted octanol–water partition coefficient (Wildman–Crippen LogP) is 2.56. The number of benzene rings is 1. The summed E-state index contributed by atoms with van der Waals surface area (Å²) in [5.74, 6) is 0.0740. The maximum atomic E-state index is 12.8. The molecule has 2 saturated heterocycles. The maximum absolute atomic E-state index is 12.8. The van der Waals surface area contributed by atoms with Crippen molar-refractivity contribution in [2.24, 2.45) is 0 Å². The highest BCUT2D eigenvalue weighted by atomic mass is 35.5. The minimum absolute atomic E-state index is 0.00509. The summed E-state index contributed by atoms with van der Waals surface area (Å²) in [5, 5.41) is 7.86. The van der Waals surface area contributed by atoms with E-state index in [0.29, 0.717) is 49.1 Å². The van der Waals surface area contributed by atoms with Crippen LogP contribution in [0, 0.1) is 0 Å². The number of likely N-dealkylation sites (tertiary alicyclic amines) is 1. The van der Waals surface area contributed by atoms with E-state index < -0.39 is 0 Å². The number of hydrogen-bond donors (Lipinski definition) is 1. The summed E-state index contributed by atoms with van der Waals surface area (Å²) in [6.07, 6.45) is 1.87. The lowest BCUT2D eigenvalue weighted by Crippen LogP contribution is -2.40. The summed E-state index contributed by atoms with van der Waals surface area (Å²) >= 11 is 5.92. The summed E-state index contributed by atoms with van der Waals surface area (Å²) in [7, 11) is 0. The Morgan fingerprint density at radius 3 is 2.57 bits per heavy atom. The lowest BCUT2D eigenvalue weighted by molar-refractivity contribution is 0.0299. The van der Waals surface area contributed by atoms with Gasteiger partial charge >= 0.3 is 0 Å². The van der Waals surface area contributed by atoms with Crippen LogP contribution in [0.2, 0.25) is 5.02 Å². The summed E-state index contributed by atoms with van der Waals surface area (Å²) in [6.45, 7) is 3.64. The molecule has 8 heteroatoms. The number of carbonyl (C=O) groups excluding carboxylic acids is 2. The minimum atomic E-state index is -0.0734. The molecule has 1 aromatic heterocycles. The Hall–Kier alpha value is -2.38. The van der Waals surface area contributed by atoms with Gasteiger partial charge in [0.25, 0.3) is 11.8 Å². The van der Waals surface area contributed by atoms with Crippen molar-refractivity contribution in [3.05, 3.63) is 52.3 Å². The topological polar surface area (TPSA) is 78.5 Å². The first-order chi connectivity index (χ1) is 13.6. The van der Waals surface area contributed by atoms with Crippen LogP contribution in [0.5, 0.6) is 0 Å². The fourth-order valence-electron chi connectivity index (χ4n) is 3.77. The zero-order valence-electron chi connectivity index (χ0n) is 15.6. The van der Waals surface area contributed by atoms with Crippen molar-refractivity contribution in [3.8, 4) is 0 Å². The molecule has 0 bridgehead atoms. The van der Waals surface area contributed by atoms with Crippen LogP contribution in [0.4, 0.5) is 0 Å². The molecular formula is C20H23ClN4O3. The molecule has 1 atom stereocenters. The van der Waals surface area contributed by atoms with E-state index in [-0.39, 0.29) is 17.7 Å². The van der Waals surface area contributed by atoms with Crippen molar-refractivity contribution in [2.45, 2.75) is 18.8 Å². The number of hydrogen-bond acceptors (Lipinski definition) is 4. The Kier molecular flexibility index (Phi) is 5.64. The van der Waals surface area contributed by atoms with Crippen molar-refractivity contribution >= 4 is 23.4 Å². The highest BCUT2D eigenvalue weighted by Gasteiger charge is 2.28. The Balaban J connectivity index is 1.43. The third kappa shape index (κ3) is 4.05. The van der Waals surface area contributed by atoms with E-state index in [1.807, 2.05) is 11.0 Å². The van der Waals surface area contributed by atoms with Gasteiger partial charge in [0.15, 0.2) is 0 Å². The molecule has 0 saturated carbocycles. The SMILES string of the molecule is O=C(c1ccc(Cl)cc1)N1CCC[C@@H](c2cc(C(=O)N3CCOCC3)n[nH]2)C1. The van der Waals surface area contributed by atoms with Gasteiger partial charge in [0.05, 0.1) is 13.2 Å². The number of nitrogens with zero attached hydrogens (tertiary/aromatic N) is 3. The third-order valence-corrected chi connectivity index (χ3v) is 5.61. The minimum Gasteiger partial charge on any atom is -0.378 e. The second-order valence-electron chi connectivity index (χ2n) is 7.21. The summed E-state index contributed by atoms with van der Waals surface area (Å²) < 4.78 is 5.30. The number of ether oxygens (including phenoxy) is 1. The van der Waals surface area contributed by atoms with E-state index in [1.54, 1.807) is 29.2 Å². The summed E-state index contributed by atoms with van der Waals surface area (Å²) in [4.78, 5) is 29.0. The first-order valence-electron chi connectivity index (χ1n) is 9.59. The number of rotatable bonds is 3. The van der Waals surface area contributed by atoms with Crippen LogP contribution in [-0.4, -0.2) is 71.2 Å². The number of morpholine rings is 1. The molecule has 0 aliphatic carbocycles. The molecule has 3 heterocycles. The van der Waals surface area contributed by atoms with Crippen molar-refractivity contribution in [1.82, 2.24) is 20.0 Å². The molecule has 28 heavy (non-hydrogen) atoms. The molecule has 2 aromatic rings. The molecule has 4 rings (SSSR count). The second-order valence-corrected chi connectivity index (χ2v) is 7.65. The Labute approximate surface area is 168 Å². The number of amides is 2. The third-order valence-electron chi connectivity index (χ3n) is 5.35. The Bertz CT molecular complexity index is 845. The van der Waals surface area contributed by atoms with Gasteiger partial charge < -0.3 is 14.5 Å². The van der Waals surface area contributed by atoms with Crippen molar-refractivity contribution < 1.29 is 14.3 Å². The quantitative estimate of drug-likeness (QED) is 0.855. The van der Waals surface area contributed by atoms with Gasteiger partial charge in [-0.15, -0.1) is 0 Å². The lowest BCUT2D eigenvalue weighted by atomic mass is 9.94. The van der Waals surface area contributed by atoms with E-state index in [2.05, 4.69) is 10.2 Å². The van der Waals surface area contributed by atoms with Crippen LogP contribution in [-0.2, 0) is 4.74 Å². The van der Waals surface area contributed by atoms with Gasteiger partial charge in [-0.2, -0.15) is 5.10 Å². The predicted molar refractivity (Wildman–Crippen MR) is 105 cm³/mol. The standard InChI is InChI=1S/C20H23ClN4O3/c21-16-5-3-14(4-6-16)19(26)25-7-1-2-15(13-25)17-12-18(23-22-17)20(27)24-8-10-28-11-9-24/h3-6,12,15H,1-2,7-11,13H2,(H,22,23)/t15-/m1/s1. The maximum Gasteiger partial charge on any atom is 0.274 e. The van der Waals surface area contributed by atoms with Gasteiger partial charge in [0, 0.05) is 48.4 Å².